The first-order chi connectivity index (χ1) is 14.4. The van der Waals surface area contributed by atoms with E-state index in [4.69, 9.17) is 16.3 Å². The van der Waals surface area contributed by atoms with Gasteiger partial charge in [-0.05, 0) is 44.0 Å². The topological polar surface area (TPSA) is 84.7 Å². The Bertz CT molecular complexity index is 921. The lowest BCUT2D eigenvalue weighted by Crippen LogP contribution is -2.45. The number of aromatic nitrogens is 2. The fourth-order valence-electron chi connectivity index (χ4n) is 3.40. The molecule has 2 amide bonds. The van der Waals surface area contributed by atoms with Crippen molar-refractivity contribution in [3.8, 4) is 5.69 Å². The van der Waals surface area contributed by atoms with Gasteiger partial charge in [-0.15, -0.1) is 0 Å². The summed E-state index contributed by atoms with van der Waals surface area (Å²) in [5.41, 5.74) is 0.982. The third kappa shape index (κ3) is 5.18. The van der Waals surface area contributed by atoms with Crippen LogP contribution in [-0.2, 0) is 14.3 Å². The molecule has 1 aromatic carbocycles. The van der Waals surface area contributed by atoms with Crippen molar-refractivity contribution in [2.24, 2.45) is 5.92 Å². The van der Waals surface area contributed by atoms with Crippen molar-refractivity contribution < 1.29 is 19.1 Å². The molecule has 1 aromatic heterocycles. The van der Waals surface area contributed by atoms with Gasteiger partial charge in [-0.3, -0.25) is 14.4 Å². The molecule has 1 aliphatic rings. The minimum atomic E-state index is -0.342. The second-order valence-electron chi connectivity index (χ2n) is 7.19. The SMILES string of the molecule is CCOC(=O)C1CCN(C(=O)CN(C)C(=O)c2ccn(-c3cccc(Cl)c3)n2)CC1. The van der Waals surface area contributed by atoms with Crippen molar-refractivity contribution in [1.82, 2.24) is 19.6 Å². The minimum Gasteiger partial charge on any atom is -0.466 e. The molecule has 160 valence electrons. The smallest absolute Gasteiger partial charge is 0.309 e. The van der Waals surface area contributed by atoms with Crippen molar-refractivity contribution in [2.45, 2.75) is 19.8 Å². The fourth-order valence-corrected chi connectivity index (χ4v) is 3.58. The second-order valence-corrected chi connectivity index (χ2v) is 7.63. The predicted octanol–water partition coefficient (Wildman–Crippen LogP) is 2.40. The Morgan fingerprint density at radius 1 is 1.23 bits per heavy atom. The van der Waals surface area contributed by atoms with E-state index < -0.39 is 0 Å². The van der Waals surface area contributed by atoms with Crippen molar-refractivity contribution in [3.63, 3.8) is 0 Å². The lowest BCUT2D eigenvalue weighted by atomic mass is 9.97. The van der Waals surface area contributed by atoms with Gasteiger partial charge >= 0.3 is 5.97 Å². The van der Waals surface area contributed by atoms with E-state index in [2.05, 4.69) is 5.10 Å². The zero-order valence-corrected chi connectivity index (χ0v) is 17.8. The minimum absolute atomic E-state index is 0.0487. The molecule has 30 heavy (non-hydrogen) atoms. The fraction of sp³-hybridized carbons (Fsp3) is 0.429. The van der Waals surface area contributed by atoms with Crippen molar-refractivity contribution in [3.05, 3.63) is 47.2 Å². The Morgan fingerprint density at radius 2 is 1.97 bits per heavy atom. The van der Waals surface area contributed by atoms with E-state index in [1.165, 1.54) is 4.90 Å². The summed E-state index contributed by atoms with van der Waals surface area (Å²) in [6.45, 7) is 3.05. The number of ether oxygens (including phenoxy) is 1. The summed E-state index contributed by atoms with van der Waals surface area (Å²) in [7, 11) is 1.57. The van der Waals surface area contributed by atoms with Crippen LogP contribution in [0.25, 0.3) is 5.69 Å². The number of hydrogen-bond acceptors (Lipinski definition) is 5. The summed E-state index contributed by atoms with van der Waals surface area (Å²) in [6, 6.07) is 8.75. The highest BCUT2D eigenvalue weighted by Crippen LogP contribution is 2.19. The average molecular weight is 433 g/mol. The number of carbonyl (C=O) groups is 3. The highest BCUT2D eigenvalue weighted by atomic mass is 35.5. The predicted molar refractivity (Wildman–Crippen MR) is 111 cm³/mol. The molecule has 2 aromatic rings. The zero-order chi connectivity index (χ0) is 21.7. The number of esters is 1. The maximum atomic E-state index is 12.7. The molecule has 0 unspecified atom stereocenters. The Kier molecular flexibility index (Phi) is 7.10. The van der Waals surface area contributed by atoms with E-state index in [0.717, 1.165) is 5.69 Å². The third-order valence-corrected chi connectivity index (χ3v) is 5.30. The van der Waals surface area contributed by atoms with Gasteiger partial charge in [-0.1, -0.05) is 17.7 Å². The zero-order valence-electron chi connectivity index (χ0n) is 17.1. The molecule has 0 atom stereocenters. The van der Waals surface area contributed by atoms with Crippen LogP contribution in [0, 0.1) is 5.92 Å². The number of carbonyl (C=O) groups excluding carboxylic acids is 3. The molecule has 0 bridgehead atoms. The Hall–Kier alpha value is -2.87. The molecular weight excluding hydrogens is 408 g/mol. The van der Waals surface area contributed by atoms with Crippen LogP contribution in [0.2, 0.25) is 5.02 Å². The van der Waals surface area contributed by atoms with Crippen LogP contribution in [0.1, 0.15) is 30.3 Å². The van der Waals surface area contributed by atoms with Crippen LogP contribution in [0.15, 0.2) is 36.5 Å². The highest BCUT2D eigenvalue weighted by molar-refractivity contribution is 6.30. The van der Waals surface area contributed by atoms with Crippen LogP contribution in [0.3, 0.4) is 0 Å². The van der Waals surface area contributed by atoms with Gasteiger partial charge in [0.25, 0.3) is 5.91 Å². The number of halogens is 1. The number of rotatable bonds is 6. The van der Waals surface area contributed by atoms with Crippen LogP contribution in [0.5, 0.6) is 0 Å². The summed E-state index contributed by atoms with van der Waals surface area (Å²) in [4.78, 5) is 40.1. The van der Waals surface area contributed by atoms with E-state index in [0.29, 0.717) is 37.6 Å². The van der Waals surface area contributed by atoms with Crippen LogP contribution in [0.4, 0.5) is 0 Å². The lowest BCUT2D eigenvalue weighted by molar-refractivity contribution is -0.151. The van der Waals surface area contributed by atoms with E-state index >= 15 is 0 Å². The van der Waals surface area contributed by atoms with Gasteiger partial charge in [0.1, 0.15) is 0 Å². The number of nitrogens with zero attached hydrogens (tertiary/aromatic N) is 4. The number of piperidine rings is 1. The summed E-state index contributed by atoms with van der Waals surface area (Å²) < 4.78 is 6.62. The molecule has 9 heteroatoms. The molecule has 0 N–H and O–H groups in total. The lowest BCUT2D eigenvalue weighted by Gasteiger charge is -2.32. The summed E-state index contributed by atoms with van der Waals surface area (Å²) in [5.74, 6) is -0.857. The van der Waals surface area contributed by atoms with E-state index in [9.17, 15) is 14.4 Å². The van der Waals surface area contributed by atoms with Crippen LogP contribution >= 0.6 is 11.6 Å². The number of likely N-dealkylation sites (N-methyl/N-ethyl adjacent to an activating group) is 1. The van der Waals surface area contributed by atoms with E-state index in [1.807, 2.05) is 6.07 Å². The second kappa shape index (κ2) is 9.75. The number of benzene rings is 1. The Morgan fingerprint density at radius 3 is 2.63 bits per heavy atom. The van der Waals surface area contributed by atoms with Crippen molar-refractivity contribution in [2.75, 3.05) is 33.3 Å². The van der Waals surface area contributed by atoms with Crippen LogP contribution in [-0.4, -0.2) is 70.7 Å². The normalized spacial score (nSPS) is 14.4. The largest absolute Gasteiger partial charge is 0.466 e. The van der Waals surface area contributed by atoms with Gasteiger partial charge in [0.15, 0.2) is 5.69 Å². The summed E-state index contributed by atoms with van der Waals surface area (Å²) in [5, 5.41) is 4.87. The maximum Gasteiger partial charge on any atom is 0.309 e. The molecule has 2 heterocycles. The molecule has 1 saturated heterocycles. The highest BCUT2D eigenvalue weighted by Gasteiger charge is 2.29. The van der Waals surface area contributed by atoms with Gasteiger partial charge in [0.2, 0.25) is 5.91 Å². The van der Waals surface area contributed by atoms with Gasteiger partial charge < -0.3 is 14.5 Å². The number of amides is 2. The van der Waals surface area contributed by atoms with Gasteiger partial charge in [-0.2, -0.15) is 5.10 Å². The first kappa shape index (κ1) is 21.8. The number of likely N-dealkylation sites (tertiary alicyclic amines) is 1. The summed E-state index contributed by atoms with van der Waals surface area (Å²) in [6.07, 6.45) is 2.83. The molecule has 8 nitrogen and oxygen atoms in total. The maximum absolute atomic E-state index is 12.7. The molecule has 0 aliphatic carbocycles. The first-order valence-corrected chi connectivity index (χ1v) is 10.3. The van der Waals surface area contributed by atoms with Gasteiger partial charge in [0, 0.05) is 31.4 Å². The summed E-state index contributed by atoms with van der Waals surface area (Å²) >= 11 is 6.00. The Balaban J connectivity index is 1.55. The van der Waals surface area contributed by atoms with Crippen molar-refractivity contribution >= 4 is 29.4 Å². The first-order valence-electron chi connectivity index (χ1n) is 9.90. The monoisotopic (exact) mass is 432 g/mol. The van der Waals surface area contributed by atoms with Crippen molar-refractivity contribution in [1.29, 1.82) is 0 Å². The molecule has 0 spiro atoms. The van der Waals surface area contributed by atoms with E-state index in [-0.39, 0.29) is 35.9 Å². The molecule has 1 aliphatic heterocycles. The third-order valence-electron chi connectivity index (χ3n) is 5.07. The standard InChI is InChI=1S/C21H25ClN4O4/c1-3-30-21(29)15-7-10-25(11-8-15)19(27)14-24(2)20(28)18-9-12-26(23-18)17-6-4-5-16(22)13-17/h4-6,9,12-13,15H,3,7-8,10-11,14H2,1-2H3. The van der Waals surface area contributed by atoms with E-state index in [1.54, 1.807) is 54.0 Å². The van der Waals surface area contributed by atoms with Gasteiger partial charge in [0.05, 0.1) is 24.8 Å². The molecular formula is C21H25ClN4O4. The quantitative estimate of drug-likeness (QED) is 0.654. The molecule has 0 saturated carbocycles. The Labute approximate surface area is 180 Å². The van der Waals surface area contributed by atoms with Crippen LogP contribution < -0.4 is 0 Å². The molecule has 0 radical (unpaired) electrons. The number of hydrogen-bond donors (Lipinski definition) is 0. The average Bonchev–Trinajstić information content (AvgIpc) is 3.23. The van der Waals surface area contributed by atoms with Gasteiger partial charge in [-0.25, -0.2) is 4.68 Å². The molecule has 3 rings (SSSR count). The molecule has 1 fully saturated rings.